The van der Waals surface area contributed by atoms with E-state index in [-0.39, 0.29) is 23.8 Å². The molecule has 1 saturated carbocycles. The Morgan fingerprint density at radius 3 is 2.59 bits per heavy atom. The molecule has 1 aliphatic carbocycles. The molecule has 1 aliphatic heterocycles. The first-order chi connectivity index (χ1) is 10.6. The molecule has 0 aromatic carbocycles. The van der Waals surface area contributed by atoms with Crippen LogP contribution in [0.4, 0.5) is 0 Å². The van der Waals surface area contributed by atoms with Gasteiger partial charge in [0, 0.05) is 17.3 Å². The molecule has 2 heterocycles. The second-order valence-electron chi connectivity index (χ2n) is 6.05. The van der Waals surface area contributed by atoms with Gasteiger partial charge in [-0.25, -0.2) is 0 Å². The number of amides is 1. The van der Waals surface area contributed by atoms with Crippen molar-refractivity contribution in [1.82, 2.24) is 4.90 Å². The topological polar surface area (TPSA) is 66.8 Å². The molecular formula is C16H21NO4S. The van der Waals surface area contributed by atoms with E-state index in [9.17, 15) is 9.59 Å². The minimum absolute atomic E-state index is 0.0160. The second kappa shape index (κ2) is 6.79. The molecule has 1 unspecified atom stereocenters. The van der Waals surface area contributed by atoms with Gasteiger partial charge in [-0.2, -0.15) is 0 Å². The minimum atomic E-state index is -0.727. The van der Waals surface area contributed by atoms with Crippen LogP contribution in [0.25, 0.3) is 0 Å². The highest BCUT2D eigenvalue weighted by Gasteiger charge is 2.34. The van der Waals surface area contributed by atoms with E-state index in [1.54, 1.807) is 11.3 Å². The zero-order valence-electron chi connectivity index (χ0n) is 12.4. The number of carbonyl (C=O) groups excluding carboxylic acids is 1. The van der Waals surface area contributed by atoms with Gasteiger partial charge in [0.15, 0.2) is 0 Å². The van der Waals surface area contributed by atoms with Crippen molar-refractivity contribution in [2.45, 2.75) is 31.8 Å². The Kier molecular flexibility index (Phi) is 4.78. The first kappa shape index (κ1) is 15.5. The molecule has 0 bridgehead atoms. The Morgan fingerprint density at radius 2 is 1.95 bits per heavy atom. The number of carboxylic acids is 1. The van der Waals surface area contributed by atoms with Crippen LogP contribution in [0.15, 0.2) is 17.5 Å². The van der Waals surface area contributed by atoms with Crippen LogP contribution in [-0.4, -0.2) is 41.6 Å². The van der Waals surface area contributed by atoms with Crippen LogP contribution in [0.5, 0.6) is 0 Å². The van der Waals surface area contributed by atoms with Gasteiger partial charge in [-0.05, 0) is 37.1 Å². The number of carboxylic acid groups (broad SMARTS) is 1. The fourth-order valence-corrected chi connectivity index (χ4v) is 4.11. The van der Waals surface area contributed by atoms with Gasteiger partial charge >= 0.3 is 5.97 Å². The zero-order valence-corrected chi connectivity index (χ0v) is 13.3. The molecule has 6 heteroatoms. The third-order valence-corrected chi connectivity index (χ3v) is 5.63. The normalized spacial score (nSPS) is 29.3. The maximum absolute atomic E-state index is 12.7. The van der Waals surface area contributed by atoms with Crippen LogP contribution >= 0.6 is 11.3 Å². The number of ether oxygens (including phenoxy) is 1. The second-order valence-corrected chi connectivity index (χ2v) is 7.03. The van der Waals surface area contributed by atoms with Gasteiger partial charge in [0.05, 0.1) is 19.1 Å². The maximum Gasteiger partial charge on any atom is 0.306 e. The van der Waals surface area contributed by atoms with E-state index in [0.29, 0.717) is 45.4 Å². The van der Waals surface area contributed by atoms with Gasteiger partial charge < -0.3 is 14.7 Å². The van der Waals surface area contributed by atoms with Crippen molar-refractivity contribution in [3.05, 3.63) is 22.4 Å². The predicted octanol–water partition coefficient (Wildman–Crippen LogP) is 2.54. The summed E-state index contributed by atoms with van der Waals surface area (Å²) in [6, 6.07) is 4.04. The number of hydrogen-bond acceptors (Lipinski definition) is 4. The van der Waals surface area contributed by atoms with Gasteiger partial charge in [0.1, 0.15) is 6.10 Å². The summed E-state index contributed by atoms with van der Waals surface area (Å²) in [5.41, 5.74) is 0. The Labute approximate surface area is 133 Å². The van der Waals surface area contributed by atoms with E-state index in [2.05, 4.69) is 0 Å². The largest absolute Gasteiger partial charge is 0.481 e. The lowest BCUT2D eigenvalue weighted by Crippen LogP contribution is -2.45. The van der Waals surface area contributed by atoms with Gasteiger partial charge in [-0.3, -0.25) is 9.59 Å². The number of carbonyl (C=O) groups is 2. The van der Waals surface area contributed by atoms with Gasteiger partial charge in [0.25, 0.3) is 0 Å². The first-order valence-corrected chi connectivity index (χ1v) is 8.69. The summed E-state index contributed by atoms with van der Waals surface area (Å²) in [7, 11) is 0. The summed E-state index contributed by atoms with van der Waals surface area (Å²) >= 11 is 1.65. The molecule has 2 aliphatic rings. The van der Waals surface area contributed by atoms with Crippen molar-refractivity contribution in [3.8, 4) is 0 Å². The van der Waals surface area contributed by atoms with Crippen LogP contribution in [0, 0.1) is 11.8 Å². The standard InChI is InChI=1S/C16H21NO4S/c18-15(11-3-5-12(6-4-11)16(19)20)17-7-8-21-13(10-17)14-2-1-9-22-14/h1-2,9,11-13H,3-8,10H2,(H,19,20). The number of thiophene rings is 1. The number of morpholine rings is 1. The summed E-state index contributed by atoms with van der Waals surface area (Å²) in [6.07, 6.45) is 2.59. The highest BCUT2D eigenvalue weighted by molar-refractivity contribution is 7.10. The lowest BCUT2D eigenvalue weighted by Gasteiger charge is -2.36. The maximum atomic E-state index is 12.7. The highest BCUT2D eigenvalue weighted by atomic mass is 32.1. The van der Waals surface area contributed by atoms with Crippen molar-refractivity contribution in [1.29, 1.82) is 0 Å². The van der Waals surface area contributed by atoms with Crippen molar-refractivity contribution in [3.63, 3.8) is 0 Å². The molecule has 1 amide bonds. The zero-order chi connectivity index (χ0) is 15.5. The van der Waals surface area contributed by atoms with Crippen LogP contribution in [0.1, 0.15) is 36.7 Å². The van der Waals surface area contributed by atoms with Crippen molar-refractivity contribution in [2.75, 3.05) is 19.7 Å². The Bertz CT molecular complexity index is 522. The molecule has 1 aromatic rings. The summed E-state index contributed by atoms with van der Waals surface area (Å²) in [4.78, 5) is 26.7. The fraction of sp³-hybridized carbons (Fsp3) is 0.625. The van der Waals surface area contributed by atoms with Crippen LogP contribution < -0.4 is 0 Å². The molecule has 1 saturated heterocycles. The quantitative estimate of drug-likeness (QED) is 0.928. The molecule has 22 heavy (non-hydrogen) atoms. The van der Waals surface area contributed by atoms with Crippen LogP contribution in [-0.2, 0) is 14.3 Å². The highest BCUT2D eigenvalue weighted by Crippen LogP contribution is 2.32. The molecule has 2 fully saturated rings. The Morgan fingerprint density at radius 1 is 1.23 bits per heavy atom. The SMILES string of the molecule is O=C(O)C1CCC(C(=O)N2CCOC(c3cccs3)C2)CC1. The average molecular weight is 323 g/mol. The number of nitrogens with zero attached hydrogens (tertiary/aromatic N) is 1. The fourth-order valence-electron chi connectivity index (χ4n) is 3.34. The lowest BCUT2D eigenvalue weighted by atomic mass is 9.81. The molecule has 1 aromatic heterocycles. The third-order valence-electron chi connectivity index (χ3n) is 4.66. The minimum Gasteiger partial charge on any atom is -0.481 e. The number of aliphatic carboxylic acids is 1. The third kappa shape index (κ3) is 3.33. The van der Waals surface area contributed by atoms with Crippen LogP contribution in [0.2, 0.25) is 0 Å². The van der Waals surface area contributed by atoms with Crippen LogP contribution in [0.3, 0.4) is 0 Å². The Balaban J connectivity index is 1.57. The summed E-state index contributed by atoms with van der Waals surface area (Å²) in [6.45, 7) is 1.82. The molecular weight excluding hydrogens is 302 g/mol. The molecule has 0 spiro atoms. The average Bonchev–Trinajstić information content (AvgIpc) is 3.09. The molecule has 5 nitrogen and oxygen atoms in total. The molecule has 1 N–H and O–H groups in total. The first-order valence-electron chi connectivity index (χ1n) is 7.81. The van der Waals surface area contributed by atoms with E-state index >= 15 is 0 Å². The molecule has 120 valence electrons. The van der Waals surface area contributed by atoms with E-state index in [0.717, 1.165) is 4.88 Å². The monoisotopic (exact) mass is 323 g/mol. The molecule has 3 rings (SSSR count). The van der Waals surface area contributed by atoms with Crippen molar-refractivity contribution >= 4 is 23.2 Å². The molecule has 0 radical (unpaired) electrons. The van der Waals surface area contributed by atoms with Gasteiger partial charge in [-0.1, -0.05) is 6.07 Å². The van der Waals surface area contributed by atoms with E-state index in [4.69, 9.17) is 9.84 Å². The van der Waals surface area contributed by atoms with E-state index < -0.39 is 5.97 Å². The smallest absolute Gasteiger partial charge is 0.306 e. The van der Waals surface area contributed by atoms with E-state index in [1.807, 2.05) is 22.4 Å². The Hall–Kier alpha value is -1.40. The summed E-state index contributed by atoms with van der Waals surface area (Å²) in [5, 5.41) is 11.1. The molecule has 1 atom stereocenters. The van der Waals surface area contributed by atoms with Gasteiger partial charge in [-0.15, -0.1) is 11.3 Å². The predicted molar refractivity (Wildman–Crippen MR) is 82.7 cm³/mol. The van der Waals surface area contributed by atoms with E-state index in [1.165, 1.54) is 0 Å². The summed E-state index contributed by atoms with van der Waals surface area (Å²) < 4.78 is 5.78. The number of hydrogen-bond donors (Lipinski definition) is 1. The number of rotatable bonds is 3. The lowest BCUT2D eigenvalue weighted by molar-refractivity contribution is -0.148. The summed E-state index contributed by atoms with van der Waals surface area (Å²) in [5.74, 6) is -0.839. The van der Waals surface area contributed by atoms with Crippen molar-refractivity contribution in [2.24, 2.45) is 11.8 Å². The van der Waals surface area contributed by atoms with Crippen molar-refractivity contribution < 1.29 is 19.4 Å². The van der Waals surface area contributed by atoms with Gasteiger partial charge in [0.2, 0.25) is 5.91 Å².